The number of Topliss-reactive ketones (excluding diaryl/α,β-unsaturated/α-hetero) is 2. The second-order valence-corrected chi connectivity index (χ2v) is 37.2. The minimum absolute atomic E-state index is 0.00321. The number of nitrogens with zero attached hydrogens (tertiary/aromatic N) is 13. The highest BCUT2D eigenvalue weighted by Crippen LogP contribution is 2.37. The molecule has 1 aliphatic carbocycles. The van der Waals surface area contributed by atoms with Crippen LogP contribution in [-0.2, 0) is 67.5 Å². The number of rotatable bonds is 36. The Morgan fingerprint density at radius 2 is 1.05 bits per heavy atom. The number of carboxylic acid groups (broad SMARTS) is 3. The number of aliphatic hydroxyl groups excluding tert-OH is 2. The number of ketones is 2. The molecular weight excluding hydrogens is 1650 g/mol. The van der Waals surface area contributed by atoms with Crippen molar-refractivity contribution in [3.05, 3.63) is 140 Å². The van der Waals surface area contributed by atoms with Crippen LogP contribution in [-0.4, -0.2) is 279 Å². The molecular formula is C91H124N16O17S2. The van der Waals surface area contributed by atoms with Gasteiger partial charge in [-0.3, -0.25) is 67.1 Å². The van der Waals surface area contributed by atoms with Gasteiger partial charge in [-0.25, -0.2) is 19.9 Å². The van der Waals surface area contributed by atoms with Gasteiger partial charge in [0.15, 0.2) is 5.78 Å². The molecule has 35 heteroatoms. The molecule has 8 heterocycles. The number of carboxylic acids is 3. The Labute approximate surface area is 743 Å². The third-order valence-corrected chi connectivity index (χ3v) is 25.5. The van der Waals surface area contributed by atoms with Gasteiger partial charge in [0.05, 0.1) is 87.5 Å². The molecule has 0 radical (unpaired) electrons. The summed E-state index contributed by atoms with van der Waals surface area (Å²) in [6, 6.07) is 17.1. The normalized spacial score (nSPS) is 17.2. The SMILES string of the molecule is CC(=O)c1c(C)c2cnc(Cc3ccc(N4CCN(C(=O)CCN(C)CCC(=O)N[C@H](C(=O)N5C[C@H](O)C[C@H]5C(=O)NCc5ccc(-c6scnc6C)cc5)C(C)(C)C)CC4)cn3)nc2n(C2CCCC2)c1=O.CN(CCC(=O)O)CCC(=O)O.Cc1ncsc1-c1ccc(CNC(=O)[C@@H]2C[C@@H](O)CN2C(=O)[C@@H](CC(=O)CCN(C)CCC(=O)O)C(C)(C)C)cc1. The molecule has 0 unspecified atom stereocenters. The highest BCUT2D eigenvalue weighted by Gasteiger charge is 2.47. The summed E-state index contributed by atoms with van der Waals surface area (Å²) in [5.74, 6) is -4.81. The number of aliphatic carboxylic acids is 3. The summed E-state index contributed by atoms with van der Waals surface area (Å²) in [6.45, 7) is 23.7. The number of anilines is 1. The van der Waals surface area contributed by atoms with Crippen molar-refractivity contribution < 1.29 is 78.3 Å². The van der Waals surface area contributed by atoms with Crippen LogP contribution in [0.5, 0.6) is 0 Å². The van der Waals surface area contributed by atoms with Crippen molar-refractivity contribution in [3.63, 3.8) is 0 Å². The van der Waals surface area contributed by atoms with Gasteiger partial charge in [0, 0.05) is 159 Å². The van der Waals surface area contributed by atoms with Gasteiger partial charge in [0.2, 0.25) is 35.4 Å². The molecule has 4 aliphatic rings. The molecule has 3 aliphatic heterocycles. The maximum atomic E-state index is 14.1. The number of carbonyl (C=O) groups excluding carboxylic acids is 8. The van der Waals surface area contributed by atoms with E-state index in [0.29, 0.717) is 101 Å². The Kier molecular flexibility index (Phi) is 35.9. The van der Waals surface area contributed by atoms with E-state index in [4.69, 9.17) is 25.3 Å². The van der Waals surface area contributed by atoms with Gasteiger partial charge in [-0.2, -0.15) is 0 Å². The highest BCUT2D eigenvalue weighted by atomic mass is 32.1. The lowest BCUT2D eigenvalue weighted by Gasteiger charge is -2.36. The van der Waals surface area contributed by atoms with Crippen molar-refractivity contribution in [2.45, 2.75) is 209 Å². The first-order valence-corrected chi connectivity index (χ1v) is 44.8. The molecule has 3 saturated heterocycles. The first kappa shape index (κ1) is 99.1. The van der Waals surface area contributed by atoms with E-state index in [1.165, 1.54) is 16.7 Å². The summed E-state index contributed by atoms with van der Waals surface area (Å²) in [5.41, 5.74) is 11.1. The maximum absolute atomic E-state index is 14.1. The van der Waals surface area contributed by atoms with Crippen molar-refractivity contribution in [2.24, 2.45) is 16.7 Å². The zero-order chi connectivity index (χ0) is 92.0. The fraction of sp³-hybridized carbons (Fsp3) is 0.549. The van der Waals surface area contributed by atoms with Crippen LogP contribution >= 0.6 is 22.7 Å². The number of amides is 6. The number of benzene rings is 2. The van der Waals surface area contributed by atoms with E-state index in [-0.39, 0.29) is 136 Å². The lowest BCUT2D eigenvalue weighted by molar-refractivity contribution is -0.146. The van der Waals surface area contributed by atoms with Crippen molar-refractivity contribution in [3.8, 4) is 20.9 Å². The van der Waals surface area contributed by atoms with Gasteiger partial charge in [-0.05, 0) is 112 Å². The van der Waals surface area contributed by atoms with Crippen LogP contribution in [0, 0.1) is 37.5 Å². The summed E-state index contributed by atoms with van der Waals surface area (Å²) < 4.78 is 1.73. The van der Waals surface area contributed by atoms with Crippen LogP contribution in [0.15, 0.2) is 88.9 Å². The standard InChI is InChI=1S/C54H69N11O7S.C30H42N4O6S.C7H13NO4/c1-33-42-30-56-44(59-50(42)65(39-10-8-9-11-39)52(71)47(33)35(3)66)26-38-16-17-40(29-55-38)62-22-24-63(25-23-62)46(69)19-21-61(7)20-18-45(68)60-49(54(4,5)6)53(72)64-31-41(67)27-43(64)51(70)57-28-36-12-14-37(15-13-36)48-34(2)58-32-73-48;1-19-27(41-18-32-19)21-8-6-20(7-9-21)16-31-28(39)25-15-23(36)17-34(25)29(40)24(30(2,3)4)14-22(35)10-12-33(5)13-11-26(37)38;1-8(4-2-6(9)10)5-3-7(11)12/h12-17,29-30,32,39,41,43,49,67H,8-11,18-28,31H2,1-7H3,(H,57,70)(H,60,68);6-9,18,23-25,36H,10-17H2,1-5H3,(H,31,39)(H,37,38);2-5H2,1H3,(H,9,10)(H,11,12)/t41-,43+,49-;23-,24-,25+;/m11./s1. The van der Waals surface area contributed by atoms with Crippen LogP contribution in [0.4, 0.5) is 5.69 Å². The Bertz CT molecular complexity index is 4990. The van der Waals surface area contributed by atoms with Crippen molar-refractivity contribution in [2.75, 3.05) is 105 Å². The molecule has 1 saturated carbocycles. The Hall–Kier alpha value is -10.7. The molecule has 6 atom stereocenters. The van der Waals surface area contributed by atoms with Gasteiger partial charge in [-0.1, -0.05) is 103 Å². The van der Waals surface area contributed by atoms with Crippen LogP contribution < -0.4 is 26.4 Å². The zero-order valence-electron chi connectivity index (χ0n) is 74.7. The van der Waals surface area contributed by atoms with Crippen LogP contribution in [0.3, 0.4) is 0 Å². The number of aliphatic hydroxyl groups is 2. The quantitative estimate of drug-likeness (QED) is 0.0172. The number of β-amino-alcohol motifs (C(OH)–C–C–N with tert-alkyl or cyclic N) is 2. The largest absolute Gasteiger partial charge is 0.481 e. The van der Waals surface area contributed by atoms with Crippen LogP contribution in [0.2, 0.25) is 0 Å². The Morgan fingerprint density at radius 1 is 0.571 bits per heavy atom. The van der Waals surface area contributed by atoms with Crippen molar-refractivity contribution >= 4 is 104 Å². The molecule has 0 spiro atoms. The van der Waals surface area contributed by atoms with Crippen LogP contribution in [0.1, 0.15) is 188 Å². The van der Waals surface area contributed by atoms with Crippen molar-refractivity contribution in [1.82, 2.24) is 74.8 Å². The summed E-state index contributed by atoms with van der Waals surface area (Å²) in [4.78, 5) is 189. The lowest BCUT2D eigenvalue weighted by atomic mass is 9.76. The number of hydrogen-bond acceptors (Lipinski definition) is 25. The molecule has 11 rings (SSSR count). The Balaban J connectivity index is 0.000000283. The molecule has 6 amide bonds. The predicted octanol–water partition coefficient (Wildman–Crippen LogP) is 7.99. The highest BCUT2D eigenvalue weighted by molar-refractivity contribution is 7.13. The minimum atomic E-state index is -0.939. The summed E-state index contributed by atoms with van der Waals surface area (Å²) in [6.07, 6.45) is 6.98. The lowest BCUT2D eigenvalue weighted by Crippen LogP contribution is -2.57. The second kappa shape index (κ2) is 45.6. The molecule has 33 nitrogen and oxygen atoms in total. The zero-order valence-corrected chi connectivity index (χ0v) is 76.3. The predicted molar refractivity (Wildman–Crippen MR) is 479 cm³/mol. The molecule has 7 aromatic rings. The number of thiazole rings is 2. The third kappa shape index (κ3) is 28.2. The molecule has 5 aromatic heterocycles. The van der Waals surface area contributed by atoms with E-state index in [0.717, 1.165) is 80.5 Å². The van der Waals surface area contributed by atoms with Gasteiger partial charge in [0.25, 0.3) is 5.56 Å². The molecule has 2 aromatic carbocycles. The molecule has 0 bridgehead atoms. The number of nitrogens with one attached hydrogen (secondary N) is 3. The third-order valence-electron chi connectivity index (χ3n) is 23.5. The summed E-state index contributed by atoms with van der Waals surface area (Å²) in [7, 11) is 5.32. The topological polar surface area (TPSA) is 434 Å². The number of hydrogen-bond donors (Lipinski definition) is 8. The average molecular weight is 1780 g/mol. The number of aryl methyl sites for hydroxylation is 3. The van der Waals surface area contributed by atoms with E-state index in [2.05, 4.69) is 35.8 Å². The number of likely N-dealkylation sites (tertiary alicyclic amines) is 2. The molecule has 682 valence electrons. The Morgan fingerprint density at radius 3 is 1.49 bits per heavy atom. The molecule has 4 fully saturated rings. The minimum Gasteiger partial charge on any atom is -0.481 e. The van der Waals surface area contributed by atoms with Crippen molar-refractivity contribution in [1.29, 1.82) is 0 Å². The number of piperazine rings is 1. The number of pyridine rings is 2. The first-order chi connectivity index (χ1) is 59.6. The van der Waals surface area contributed by atoms with E-state index in [9.17, 15) is 67.7 Å². The smallest absolute Gasteiger partial charge is 0.304 e. The fourth-order valence-electron chi connectivity index (χ4n) is 16.0. The second-order valence-electron chi connectivity index (χ2n) is 35.5. The molecule has 126 heavy (non-hydrogen) atoms. The summed E-state index contributed by atoms with van der Waals surface area (Å²) >= 11 is 3.15. The van der Waals surface area contributed by atoms with E-state index >= 15 is 0 Å². The molecule has 8 N–H and O–H groups in total. The van der Waals surface area contributed by atoms with E-state index in [1.54, 1.807) is 64.3 Å². The van der Waals surface area contributed by atoms with E-state index < -0.39 is 70.9 Å². The van der Waals surface area contributed by atoms with Crippen LogP contribution in [0.25, 0.3) is 31.9 Å². The van der Waals surface area contributed by atoms with Gasteiger partial charge >= 0.3 is 17.9 Å². The maximum Gasteiger partial charge on any atom is 0.304 e. The van der Waals surface area contributed by atoms with Gasteiger partial charge in [0.1, 0.15) is 35.4 Å². The average Bonchev–Trinajstić information content (AvgIpc) is 0.877. The monoisotopic (exact) mass is 1780 g/mol. The van der Waals surface area contributed by atoms with Gasteiger partial charge < -0.3 is 75.8 Å². The fourth-order valence-corrected chi connectivity index (χ4v) is 17.6. The number of aromatic nitrogens is 6. The first-order valence-electron chi connectivity index (χ1n) is 43.1. The summed E-state index contributed by atoms with van der Waals surface area (Å²) in [5, 5.41) is 56.0. The number of fused-ring (bicyclic) bond motifs is 1. The van der Waals surface area contributed by atoms with E-state index in [1.807, 2.05) is 150 Å². The van der Waals surface area contributed by atoms with Gasteiger partial charge in [-0.15, -0.1) is 22.7 Å². The number of carbonyl (C=O) groups is 11.